The lowest BCUT2D eigenvalue weighted by Gasteiger charge is -2.25. The summed E-state index contributed by atoms with van der Waals surface area (Å²) >= 11 is 0. The van der Waals surface area contributed by atoms with Crippen LogP contribution >= 0.6 is 0 Å². The highest BCUT2D eigenvalue weighted by Gasteiger charge is 2.40. The predicted octanol–water partition coefficient (Wildman–Crippen LogP) is 1.54. The first-order valence-corrected chi connectivity index (χ1v) is 6.61. The molecule has 0 bridgehead atoms. The van der Waals surface area contributed by atoms with Gasteiger partial charge in [0.2, 0.25) is 0 Å². The van der Waals surface area contributed by atoms with Crippen molar-refractivity contribution >= 4 is 11.4 Å². The van der Waals surface area contributed by atoms with Gasteiger partial charge in [0, 0.05) is 31.7 Å². The van der Waals surface area contributed by atoms with Gasteiger partial charge in [-0.1, -0.05) is 0 Å². The maximum Gasteiger partial charge on any atom is 0.295 e. The second-order valence-corrected chi connectivity index (χ2v) is 5.20. The van der Waals surface area contributed by atoms with Crippen LogP contribution in [0.2, 0.25) is 0 Å². The van der Waals surface area contributed by atoms with E-state index in [2.05, 4.69) is 5.32 Å². The van der Waals surface area contributed by atoms with Gasteiger partial charge < -0.3 is 15.0 Å². The topological polar surface area (TPSA) is 67.6 Å². The largest absolute Gasteiger partial charge is 0.494 e. The minimum absolute atomic E-state index is 0.0417. The Labute approximate surface area is 115 Å². The molecular weight excluding hydrogens is 265 g/mol. The van der Waals surface area contributed by atoms with Gasteiger partial charge in [-0.05, 0) is 12.3 Å². The summed E-state index contributed by atoms with van der Waals surface area (Å²) in [5, 5.41) is 14.5. The van der Waals surface area contributed by atoms with Crippen LogP contribution in [-0.4, -0.2) is 37.7 Å². The van der Waals surface area contributed by atoms with Gasteiger partial charge in [0.15, 0.2) is 11.6 Å². The Morgan fingerprint density at radius 3 is 3.00 bits per heavy atom. The number of nitro groups is 1. The van der Waals surface area contributed by atoms with Crippen LogP contribution in [-0.2, 0) is 0 Å². The van der Waals surface area contributed by atoms with Gasteiger partial charge in [0.25, 0.3) is 5.69 Å². The number of hydrogen-bond donors (Lipinski definition) is 1. The molecule has 1 aromatic rings. The number of methoxy groups -OCH3 is 1. The summed E-state index contributed by atoms with van der Waals surface area (Å²) in [6.45, 7) is 2.50. The fourth-order valence-electron chi connectivity index (χ4n) is 3.21. The number of fused-ring (bicyclic) bond motifs is 1. The molecule has 2 aliphatic heterocycles. The van der Waals surface area contributed by atoms with Crippen molar-refractivity contribution in [2.45, 2.75) is 12.5 Å². The second-order valence-electron chi connectivity index (χ2n) is 5.20. The van der Waals surface area contributed by atoms with Crippen molar-refractivity contribution in [1.29, 1.82) is 0 Å². The average Bonchev–Trinajstić information content (AvgIpc) is 3.01. The average molecular weight is 281 g/mol. The van der Waals surface area contributed by atoms with E-state index in [4.69, 9.17) is 4.74 Å². The molecular formula is C13H16FN3O3. The number of anilines is 1. The van der Waals surface area contributed by atoms with Crippen LogP contribution in [0.15, 0.2) is 12.1 Å². The van der Waals surface area contributed by atoms with Crippen LogP contribution in [0.5, 0.6) is 5.75 Å². The molecule has 6 nitrogen and oxygen atoms in total. The summed E-state index contributed by atoms with van der Waals surface area (Å²) in [6.07, 6.45) is 0.995. The fourth-order valence-corrected chi connectivity index (χ4v) is 3.21. The standard InChI is InChI=1S/C13H16FN3O3/c1-20-13-5-10(11(17(18)19)4-9(13)14)16-3-2-8-6-15-7-12(8)16/h4-5,8,12,15H,2-3,6-7H2,1H3/t8-,12+/m0/s1. The summed E-state index contributed by atoms with van der Waals surface area (Å²) in [5.41, 5.74) is 0.250. The van der Waals surface area contributed by atoms with E-state index >= 15 is 0 Å². The van der Waals surface area contributed by atoms with Crippen LogP contribution in [0.25, 0.3) is 0 Å². The Balaban J connectivity index is 2.05. The maximum absolute atomic E-state index is 13.7. The van der Waals surface area contributed by atoms with E-state index in [9.17, 15) is 14.5 Å². The molecule has 1 N–H and O–H groups in total. The first-order valence-electron chi connectivity index (χ1n) is 6.61. The van der Waals surface area contributed by atoms with Gasteiger partial charge in [-0.15, -0.1) is 0 Å². The summed E-state index contributed by atoms with van der Waals surface area (Å²) in [4.78, 5) is 12.6. The maximum atomic E-state index is 13.7. The van der Waals surface area contributed by atoms with Crippen molar-refractivity contribution in [3.63, 3.8) is 0 Å². The molecule has 2 atom stereocenters. The molecule has 0 radical (unpaired) electrons. The van der Waals surface area contributed by atoms with E-state index in [0.717, 1.165) is 32.1 Å². The first kappa shape index (κ1) is 13.1. The molecule has 2 fully saturated rings. The monoisotopic (exact) mass is 281 g/mol. The predicted molar refractivity (Wildman–Crippen MR) is 71.7 cm³/mol. The zero-order valence-corrected chi connectivity index (χ0v) is 11.1. The molecule has 2 saturated heterocycles. The fraction of sp³-hybridized carbons (Fsp3) is 0.538. The summed E-state index contributed by atoms with van der Waals surface area (Å²) in [6, 6.07) is 2.63. The number of nitro benzene ring substituents is 1. The highest BCUT2D eigenvalue weighted by atomic mass is 19.1. The molecule has 108 valence electrons. The molecule has 7 heteroatoms. The van der Waals surface area contributed by atoms with Gasteiger partial charge in [-0.2, -0.15) is 0 Å². The Hall–Kier alpha value is -1.89. The van der Waals surface area contributed by atoms with Crippen molar-refractivity contribution < 1.29 is 14.1 Å². The van der Waals surface area contributed by atoms with Crippen molar-refractivity contribution in [3.05, 3.63) is 28.1 Å². The Kier molecular flexibility index (Phi) is 3.21. The van der Waals surface area contributed by atoms with E-state index in [0.29, 0.717) is 11.6 Å². The minimum Gasteiger partial charge on any atom is -0.494 e. The minimum atomic E-state index is -0.705. The van der Waals surface area contributed by atoms with Crippen molar-refractivity contribution in [3.8, 4) is 5.75 Å². The van der Waals surface area contributed by atoms with Crippen LogP contribution < -0.4 is 15.0 Å². The van der Waals surface area contributed by atoms with Crippen LogP contribution in [0.4, 0.5) is 15.8 Å². The number of nitrogens with one attached hydrogen (secondary N) is 1. The summed E-state index contributed by atoms with van der Waals surface area (Å²) in [5.74, 6) is -0.158. The first-order chi connectivity index (χ1) is 9.61. The van der Waals surface area contributed by atoms with Crippen molar-refractivity contribution in [2.75, 3.05) is 31.6 Å². The van der Waals surface area contributed by atoms with Crippen LogP contribution in [0.3, 0.4) is 0 Å². The lowest BCUT2D eigenvalue weighted by atomic mass is 10.0. The summed E-state index contributed by atoms with van der Waals surface area (Å²) in [7, 11) is 1.36. The molecule has 0 aromatic heterocycles. The van der Waals surface area contributed by atoms with E-state index in [1.54, 1.807) is 0 Å². The molecule has 0 spiro atoms. The molecule has 3 rings (SSSR count). The van der Waals surface area contributed by atoms with E-state index in [1.165, 1.54) is 13.2 Å². The van der Waals surface area contributed by atoms with Gasteiger partial charge in [-0.3, -0.25) is 10.1 Å². The molecule has 2 aliphatic rings. The number of nitrogens with zero attached hydrogens (tertiary/aromatic N) is 2. The second kappa shape index (κ2) is 4.90. The zero-order valence-electron chi connectivity index (χ0n) is 11.1. The van der Waals surface area contributed by atoms with Crippen LogP contribution in [0, 0.1) is 21.8 Å². The molecule has 0 amide bonds. The number of benzene rings is 1. The van der Waals surface area contributed by atoms with E-state index in [-0.39, 0.29) is 17.5 Å². The molecule has 0 aliphatic carbocycles. The molecule has 0 unspecified atom stereocenters. The molecule has 0 saturated carbocycles. The van der Waals surface area contributed by atoms with Crippen LogP contribution in [0.1, 0.15) is 6.42 Å². The van der Waals surface area contributed by atoms with Gasteiger partial charge in [0.1, 0.15) is 5.69 Å². The van der Waals surface area contributed by atoms with Crippen molar-refractivity contribution in [2.24, 2.45) is 5.92 Å². The number of ether oxygens (including phenoxy) is 1. The summed E-state index contributed by atoms with van der Waals surface area (Å²) < 4.78 is 18.6. The Morgan fingerprint density at radius 1 is 1.50 bits per heavy atom. The van der Waals surface area contributed by atoms with Gasteiger partial charge >= 0.3 is 0 Å². The zero-order chi connectivity index (χ0) is 14.3. The van der Waals surface area contributed by atoms with Gasteiger partial charge in [0.05, 0.1) is 18.1 Å². The SMILES string of the molecule is COc1cc(N2CC[C@H]3CNC[C@H]32)c([N+](=O)[O-])cc1F. The number of hydrogen-bond acceptors (Lipinski definition) is 5. The highest BCUT2D eigenvalue weighted by molar-refractivity contribution is 5.67. The van der Waals surface area contributed by atoms with Crippen molar-refractivity contribution in [1.82, 2.24) is 5.32 Å². The van der Waals surface area contributed by atoms with Gasteiger partial charge in [-0.25, -0.2) is 4.39 Å². The lowest BCUT2D eigenvalue weighted by Crippen LogP contribution is -2.34. The smallest absolute Gasteiger partial charge is 0.295 e. The number of halogens is 1. The molecule has 2 heterocycles. The lowest BCUT2D eigenvalue weighted by molar-refractivity contribution is -0.384. The molecule has 1 aromatic carbocycles. The Morgan fingerprint density at radius 2 is 2.30 bits per heavy atom. The number of rotatable bonds is 3. The van der Waals surface area contributed by atoms with E-state index < -0.39 is 10.7 Å². The molecule has 20 heavy (non-hydrogen) atoms. The highest BCUT2D eigenvalue weighted by Crippen LogP contribution is 2.40. The quantitative estimate of drug-likeness (QED) is 0.672. The third-order valence-corrected chi connectivity index (χ3v) is 4.20. The third-order valence-electron chi connectivity index (χ3n) is 4.20. The normalized spacial score (nSPS) is 24.8. The third kappa shape index (κ3) is 1.98. The Bertz CT molecular complexity index is 552. The van der Waals surface area contributed by atoms with E-state index in [1.807, 2.05) is 4.90 Å².